The van der Waals surface area contributed by atoms with Gasteiger partial charge in [-0.15, -0.1) is 11.3 Å². The highest BCUT2D eigenvalue weighted by atomic mass is 32.1. The van der Waals surface area contributed by atoms with Crippen LogP contribution in [0.2, 0.25) is 0 Å². The molecule has 6 nitrogen and oxygen atoms in total. The molecule has 112 valence electrons. The van der Waals surface area contributed by atoms with E-state index < -0.39 is 0 Å². The summed E-state index contributed by atoms with van der Waals surface area (Å²) in [6.45, 7) is 5.29. The van der Waals surface area contributed by atoms with Crippen LogP contribution >= 0.6 is 11.3 Å². The minimum absolute atomic E-state index is 0.0704. The van der Waals surface area contributed by atoms with Crippen LogP contribution in [0.3, 0.4) is 0 Å². The predicted octanol–water partition coefficient (Wildman–Crippen LogP) is 1.89. The summed E-state index contributed by atoms with van der Waals surface area (Å²) in [5.41, 5.74) is 0. The van der Waals surface area contributed by atoms with Gasteiger partial charge in [-0.3, -0.25) is 4.79 Å². The largest absolute Gasteiger partial charge is 0.377 e. The molecular weight excluding hydrogens is 290 g/mol. The Bertz CT molecular complexity index is 637. The zero-order valence-electron chi connectivity index (χ0n) is 12.0. The second-order valence-corrected chi connectivity index (χ2v) is 6.42. The number of hydrogen-bond donors (Lipinski definition) is 0. The molecule has 1 aliphatic heterocycles. The molecule has 3 rings (SSSR count). The highest BCUT2D eigenvalue weighted by Crippen LogP contribution is 2.25. The SMILES string of the molecule is Cc1noc([C@H]2COCCN2C(=O)Cc2ccc(C)s2)n1. The van der Waals surface area contributed by atoms with Crippen molar-refractivity contribution < 1.29 is 14.1 Å². The van der Waals surface area contributed by atoms with Crippen molar-refractivity contribution in [2.45, 2.75) is 26.3 Å². The topological polar surface area (TPSA) is 68.5 Å². The molecule has 2 aromatic rings. The fraction of sp³-hybridized carbons (Fsp3) is 0.500. The van der Waals surface area contributed by atoms with Gasteiger partial charge in [0.1, 0.15) is 6.04 Å². The lowest BCUT2D eigenvalue weighted by Crippen LogP contribution is -2.44. The van der Waals surface area contributed by atoms with Gasteiger partial charge in [-0.2, -0.15) is 4.98 Å². The Kier molecular flexibility index (Phi) is 4.03. The first-order valence-electron chi connectivity index (χ1n) is 6.86. The van der Waals surface area contributed by atoms with Crippen molar-refractivity contribution in [1.82, 2.24) is 15.0 Å². The summed E-state index contributed by atoms with van der Waals surface area (Å²) in [4.78, 5) is 20.9. The Labute approximate surface area is 126 Å². The summed E-state index contributed by atoms with van der Waals surface area (Å²) in [6.07, 6.45) is 0.405. The number of nitrogens with zero attached hydrogens (tertiary/aromatic N) is 3. The lowest BCUT2D eigenvalue weighted by molar-refractivity contribution is -0.140. The minimum Gasteiger partial charge on any atom is -0.377 e. The summed E-state index contributed by atoms with van der Waals surface area (Å²) in [5.74, 6) is 1.08. The first kappa shape index (κ1) is 14.2. The highest BCUT2D eigenvalue weighted by molar-refractivity contribution is 7.12. The van der Waals surface area contributed by atoms with Crippen molar-refractivity contribution in [3.8, 4) is 0 Å². The summed E-state index contributed by atoms with van der Waals surface area (Å²) in [7, 11) is 0. The summed E-state index contributed by atoms with van der Waals surface area (Å²) in [5, 5.41) is 3.80. The standard InChI is InChI=1S/C14H17N3O3S/c1-9-3-4-11(21-9)7-13(18)17-5-6-19-8-12(17)14-15-10(2)16-20-14/h3-4,12H,5-8H2,1-2H3/t12-/m1/s1. The number of carbonyl (C=O) groups is 1. The second-order valence-electron chi connectivity index (χ2n) is 5.05. The van der Waals surface area contributed by atoms with Gasteiger partial charge in [0.25, 0.3) is 5.89 Å². The van der Waals surface area contributed by atoms with Crippen molar-refractivity contribution >= 4 is 17.2 Å². The van der Waals surface area contributed by atoms with E-state index in [-0.39, 0.29) is 11.9 Å². The summed E-state index contributed by atoms with van der Waals surface area (Å²) in [6, 6.07) is 3.75. The van der Waals surface area contributed by atoms with Crippen LogP contribution in [-0.2, 0) is 16.0 Å². The monoisotopic (exact) mass is 307 g/mol. The van der Waals surface area contributed by atoms with Crippen molar-refractivity contribution in [3.63, 3.8) is 0 Å². The molecule has 0 unspecified atom stereocenters. The smallest absolute Gasteiger partial charge is 0.251 e. The molecule has 7 heteroatoms. The molecule has 0 N–H and O–H groups in total. The second kappa shape index (κ2) is 5.95. The molecule has 1 atom stereocenters. The van der Waals surface area contributed by atoms with Gasteiger partial charge >= 0.3 is 0 Å². The van der Waals surface area contributed by atoms with Crippen LogP contribution < -0.4 is 0 Å². The average Bonchev–Trinajstić information content (AvgIpc) is 3.07. The molecule has 1 aliphatic rings. The average molecular weight is 307 g/mol. The van der Waals surface area contributed by atoms with Crippen LogP contribution in [0, 0.1) is 13.8 Å². The Morgan fingerprint density at radius 3 is 3.00 bits per heavy atom. The van der Waals surface area contributed by atoms with Crippen LogP contribution in [0.4, 0.5) is 0 Å². The molecule has 0 aromatic carbocycles. The van der Waals surface area contributed by atoms with Crippen molar-refractivity contribution in [2.24, 2.45) is 0 Å². The third kappa shape index (κ3) is 3.14. The number of amides is 1. The van der Waals surface area contributed by atoms with Crippen LogP contribution in [0.1, 0.15) is 27.5 Å². The molecule has 3 heterocycles. The van der Waals surface area contributed by atoms with E-state index in [0.29, 0.717) is 37.9 Å². The molecule has 0 saturated carbocycles. The molecule has 1 fully saturated rings. The molecule has 0 radical (unpaired) electrons. The first-order valence-corrected chi connectivity index (χ1v) is 7.68. The van der Waals surface area contributed by atoms with Crippen LogP contribution in [-0.4, -0.2) is 40.7 Å². The van der Waals surface area contributed by atoms with Gasteiger partial charge in [-0.25, -0.2) is 0 Å². The lowest BCUT2D eigenvalue weighted by atomic mass is 10.2. The third-order valence-corrected chi connectivity index (χ3v) is 4.40. The lowest BCUT2D eigenvalue weighted by Gasteiger charge is -2.33. The molecule has 2 aromatic heterocycles. The van der Waals surface area contributed by atoms with E-state index in [2.05, 4.69) is 10.1 Å². The van der Waals surface area contributed by atoms with Crippen molar-refractivity contribution in [3.05, 3.63) is 33.6 Å². The minimum atomic E-state index is -0.284. The molecule has 1 saturated heterocycles. The normalized spacial score (nSPS) is 19.0. The molecule has 0 aliphatic carbocycles. The maximum atomic E-state index is 12.6. The maximum absolute atomic E-state index is 12.6. The van der Waals surface area contributed by atoms with Crippen molar-refractivity contribution in [1.29, 1.82) is 0 Å². The number of aromatic nitrogens is 2. The molecule has 0 spiro atoms. The van der Waals surface area contributed by atoms with Gasteiger partial charge in [0.15, 0.2) is 5.82 Å². The number of rotatable bonds is 3. The van der Waals surface area contributed by atoms with Crippen LogP contribution in [0.15, 0.2) is 16.7 Å². The zero-order chi connectivity index (χ0) is 14.8. The quantitative estimate of drug-likeness (QED) is 0.866. The molecule has 0 bridgehead atoms. The van der Waals surface area contributed by atoms with E-state index in [1.54, 1.807) is 23.2 Å². The van der Waals surface area contributed by atoms with Gasteiger partial charge in [0.05, 0.1) is 19.6 Å². The predicted molar refractivity (Wildman–Crippen MR) is 77.1 cm³/mol. The number of carbonyl (C=O) groups excluding carboxylic acids is 1. The van der Waals surface area contributed by atoms with Gasteiger partial charge < -0.3 is 14.2 Å². The van der Waals surface area contributed by atoms with Crippen LogP contribution in [0.5, 0.6) is 0 Å². The Morgan fingerprint density at radius 2 is 2.33 bits per heavy atom. The van der Waals surface area contributed by atoms with E-state index in [1.807, 2.05) is 19.1 Å². The number of hydrogen-bond acceptors (Lipinski definition) is 6. The Balaban J connectivity index is 1.75. The number of morpholine rings is 1. The van der Waals surface area contributed by atoms with Gasteiger partial charge in [-0.05, 0) is 26.0 Å². The molecule has 21 heavy (non-hydrogen) atoms. The van der Waals surface area contributed by atoms with Gasteiger partial charge in [-0.1, -0.05) is 5.16 Å². The Morgan fingerprint density at radius 1 is 1.48 bits per heavy atom. The molecule has 1 amide bonds. The fourth-order valence-corrected chi connectivity index (χ4v) is 3.27. The van der Waals surface area contributed by atoms with E-state index in [4.69, 9.17) is 9.26 Å². The van der Waals surface area contributed by atoms with Gasteiger partial charge in [0, 0.05) is 16.3 Å². The summed E-state index contributed by atoms with van der Waals surface area (Å²) < 4.78 is 10.7. The van der Waals surface area contributed by atoms with E-state index in [1.165, 1.54) is 4.88 Å². The first-order chi connectivity index (χ1) is 10.1. The van der Waals surface area contributed by atoms with Crippen molar-refractivity contribution in [2.75, 3.05) is 19.8 Å². The van der Waals surface area contributed by atoms with E-state index >= 15 is 0 Å². The number of thiophene rings is 1. The van der Waals surface area contributed by atoms with E-state index in [0.717, 1.165) is 4.88 Å². The van der Waals surface area contributed by atoms with Crippen LogP contribution in [0.25, 0.3) is 0 Å². The Hall–Kier alpha value is -1.73. The number of ether oxygens (including phenoxy) is 1. The number of aryl methyl sites for hydroxylation is 2. The van der Waals surface area contributed by atoms with E-state index in [9.17, 15) is 4.79 Å². The van der Waals surface area contributed by atoms with Gasteiger partial charge in [0.2, 0.25) is 5.91 Å². The fourth-order valence-electron chi connectivity index (χ4n) is 2.39. The highest BCUT2D eigenvalue weighted by Gasteiger charge is 2.32. The zero-order valence-corrected chi connectivity index (χ0v) is 12.9. The molecular formula is C14H17N3O3S. The summed E-state index contributed by atoms with van der Waals surface area (Å²) >= 11 is 1.65. The maximum Gasteiger partial charge on any atom is 0.251 e. The third-order valence-electron chi connectivity index (χ3n) is 3.40.